The first kappa shape index (κ1) is 16.7. The van der Waals surface area contributed by atoms with Crippen LogP contribution in [0.15, 0.2) is 59.5 Å². The SMILES string of the molecule is NS(=O)(=O)c1ccc(NC(=O)COC(=O)c2ccccc2)cc1. The van der Waals surface area contributed by atoms with E-state index in [1.54, 1.807) is 30.3 Å². The summed E-state index contributed by atoms with van der Waals surface area (Å²) in [6, 6.07) is 13.6. The minimum absolute atomic E-state index is 0.0639. The number of amides is 1. The van der Waals surface area contributed by atoms with Gasteiger partial charge in [-0.15, -0.1) is 0 Å². The lowest BCUT2D eigenvalue weighted by Crippen LogP contribution is -2.21. The minimum atomic E-state index is -3.78. The third kappa shape index (κ3) is 4.90. The molecular formula is C15H14N2O5S. The van der Waals surface area contributed by atoms with E-state index < -0.39 is 28.5 Å². The third-order valence-electron chi connectivity index (χ3n) is 2.81. The molecule has 2 rings (SSSR count). The van der Waals surface area contributed by atoms with E-state index >= 15 is 0 Å². The maximum absolute atomic E-state index is 11.7. The number of nitrogens with two attached hydrogens (primary N) is 1. The second-order valence-electron chi connectivity index (χ2n) is 4.56. The van der Waals surface area contributed by atoms with Gasteiger partial charge in [0.1, 0.15) is 0 Å². The standard InChI is InChI=1S/C15H14N2O5S/c16-23(20,21)13-8-6-12(7-9-13)17-14(18)10-22-15(19)11-4-2-1-3-5-11/h1-9H,10H2,(H,17,18)(H2,16,20,21). The zero-order valence-corrected chi connectivity index (χ0v) is 12.7. The number of carbonyl (C=O) groups excluding carboxylic acids is 2. The van der Waals surface area contributed by atoms with Crippen LogP contribution in [0.25, 0.3) is 0 Å². The molecule has 0 aromatic heterocycles. The molecule has 0 aliphatic carbocycles. The van der Waals surface area contributed by atoms with Crippen molar-refractivity contribution < 1.29 is 22.7 Å². The van der Waals surface area contributed by atoms with E-state index in [-0.39, 0.29) is 4.90 Å². The van der Waals surface area contributed by atoms with Gasteiger partial charge in [0.25, 0.3) is 5.91 Å². The van der Waals surface area contributed by atoms with Gasteiger partial charge in [0, 0.05) is 5.69 Å². The summed E-state index contributed by atoms with van der Waals surface area (Å²) in [4.78, 5) is 23.3. The van der Waals surface area contributed by atoms with Crippen molar-refractivity contribution in [2.24, 2.45) is 5.14 Å². The molecule has 0 unspecified atom stereocenters. The lowest BCUT2D eigenvalue weighted by molar-refractivity contribution is -0.119. The number of anilines is 1. The highest BCUT2D eigenvalue weighted by Crippen LogP contribution is 2.12. The first-order valence-corrected chi connectivity index (χ1v) is 8.06. The van der Waals surface area contributed by atoms with Gasteiger partial charge in [-0.05, 0) is 36.4 Å². The molecule has 120 valence electrons. The van der Waals surface area contributed by atoms with Crippen LogP contribution in [0.1, 0.15) is 10.4 Å². The van der Waals surface area contributed by atoms with Gasteiger partial charge in [0.2, 0.25) is 10.0 Å². The Labute approximate surface area is 133 Å². The molecule has 8 heteroatoms. The summed E-state index contributed by atoms with van der Waals surface area (Å²) in [5, 5.41) is 7.45. The second-order valence-corrected chi connectivity index (χ2v) is 6.12. The smallest absolute Gasteiger partial charge is 0.338 e. The van der Waals surface area contributed by atoms with E-state index in [1.165, 1.54) is 24.3 Å². The molecule has 7 nitrogen and oxygen atoms in total. The van der Waals surface area contributed by atoms with Gasteiger partial charge in [-0.1, -0.05) is 18.2 Å². The molecule has 1 amide bonds. The predicted molar refractivity (Wildman–Crippen MR) is 83.2 cm³/mol. The molecule has 0 saturated carbocycles. The van der Waals surface area contributed by atoms with Crippen LogP contribution >= 0.6 is 0 Å². The number of primary sulfonamides is 1. The van der Waals surface area contributed by atoms with E-state index in [0.717, 1.165) is 0 Å². The molecule has 0 aliphatic rings. The molecular weight excluding hydrogens is 320 g/mol. The van der Waals surface area contributed by atoms with Gasteiger partial charge < -0.3 is 10.1 Å². The van der Waals surface area contributed by atoms with Crippen LogP contribution in [0.2, 0.25) is 0 Å². The number of esters is 1. The molecule has 0 saturated heterocycles. The highest BCUT2D eigenvalue weighted by atomic mass is 32.2. The quantitative estimate of drug-likeness (QED) is 0.795. The maximum Gasteiger partial charge on any atom is 0.338 e. The van der Waals surface area contributed by atoms with E-state index in [9.17, 15) is 18.0 Å². The van der Waals surface area contributed by atoms with Crippen molar-refractivity contribution >= 4 is 27.6 Å². The van der Waals surface area contributed by atoms with Gasteiger partial charge in [-0.2, -0.15) is 0 Å². The maximum atomic E-state index is 11.7. The lowest BCUT2D eigenvalue weighted by atomic mass is 10.2. The van der Waals surface area contributed by atoms with Gasteiger partial charge >= 0.3 is 5.97 Å². The molecule has 0 fully saturated rings. The van der Waals surface area contributed by atoms with Crippen molar-refractivity contribution in [2.75, 3.05) is 11.9 Å². The number of hydrogen-bond acceptors (Lipinski definition) is 5. The summed E-state index contributed by atoms with van der Waals surface area (Å²) in [7, 11) is -3.78. The first-order chi connectivity index (χ1) is 10.9. The van der Waals surface area contributed by atoms with Crippen molar-refractivity contribution in [3.8, 4) is 0 Å². The fraction of sp³-hybridized carbons (Fsp3) is 0.0667. The van der Waals surface area contributed by atoms with Crippen molar-refractivity contribution in [3.63, 3.8) is 0 Å². The largest absolute Gasteiger partial charge is 0.452 e. The Morgan fingerprint density at radius 3 is 2.17 bits per heavy atom. The van der Waals surface area contributed by atoms with Gasteiger partial charge in [-0.25, -0.2) is 18.4 Å². The number of carbonyl (C=O) groups is 2. The summed E-state index contributed by atoms with van der Waals surface area (Å²) in [5.41, 5.74) is 0.705. The van der Waals surface area contributed by atoms with Crippen LogP contribution in [0, 0.1) is 0 Å². The van der Waals surface area contributed by atoms with Gasteiger partial charge in [0.15, 0.2) is 6.61 Å². The van der Waals surface area contributed by atoms with E-state index in [0.29, 0.717) is 11.3 Å². The fourth-order valence-corrected chi connectivity index (χ4v) is 2.23. The molecule has 0 aliphatic heterocycles. The zero-order valence-electron chi connectivity index (χ0n) is 11.9. The van der Waals surface area contributed by atoms with Crippen molar-refractivity contribution in [1.82, 2.24) is 0 Å². The minimum Gasteiger partial charge on any atom is -0.452 e. The highest BCUT2D eigenvalue weighted by Gasteiger charge is 2.11. The Bertz CT molecular complexity index is 802. The Morgan fingerprint density at radius 2 is 1.61 bits per heavy atom. The molecule has 0 heterocycles. The molecule has 23 heavy (non-hydrogen) atoms. The zero-order chi connectivity index (χ0) is 16.9. The fourth-order valence-electron chi connectivity index (χ4n) is 1.71. The van der Waals surface area contributed by atoms with Crippen molar-refractivity contribution in [2.45, 2.75) is 4.90 Å². The summed E-state index contributed by atoms with van der Waals surface area (Å²) >= 11 is 0. The van der Waals surface area contributed by atoms with Crippen LogP contribution in [0.5, 0.6) is 0 Å². The van der Waals surface area contributed by atoms with Crippen LogP contribution in [0.3, 0.4) is 0 Å². The average Bonchev–Trinajstić information content (AvgIpc) is 2.53. The number of rotatable bonds is 5. The lowest BCUT2D eigenvalue weighted by Gasteiger charge is -2.07. The first-order valence-electron chi connectivity index (χ1n) is 6.51. The van der Waals surface area contributed by atoms with Gasteiger partial charge in [-0.3, -0.25) is 4.79 Å². The summed E-state index contributed by atoms with van der Waals surface area (Å²) in [6.45, 7) is -0.454. The topological polar surface area (TPSA) is 116 Å². The molecule has 3 N–H and O–H groups in total. The second kappa shape index (κ2) is 7.03. The predicted octanol–water partition coefficient (Wildman–Crippen LogP) is 1.13. The van der Waals surface area contributed by atoms with E-state index in [2.05, 4.69) is 5.32 Å². The summed E-state index contributed by atoms with van der Waals surface area (Å²) < 4.78 is 27.1. The Kier molecular flexibility index (Phi) is 5.09. The normalized spacial score (nSPS) is 10.8. The van der Waals surface area contributed by atoms with Crippen LogP contribution in [-0.4, -0.2) is 26.9 Å². The number of nitrogens with one attached hydrogen (secondary N) is 1. The molecule has 2 aromatic rings. The number of ether oxygens (including phenoxy) is 1. The van der Waals surface area contributed by atoms with E-state index in [1.807, 2.05) is 0 Å². The van der Waals surface area contributed by atoms with Crippen LogP contribution in [0.4, 0.5) is 5.69 Å². The molecule has 2 aromatic carbocycles. The average molecular weight is 334 g/mol. The number of hydrogen-bond donors (Lipinski definition) is 2. The monoisotopic (exact) mass is 334 g/mol. The van der Waals surface area contributed by atoms with Crippen LogP contribution < -0.4 is 10.5 Å². The van der Waals surface area contributed by atoms with Crippen molar-refractivity contribution in [1.29, 1.82) is 0 Å². The summed E-state index contributed by atoms with van der Waals surface area (Å²) in [6.07, 6.45) is 0. The third-order valence-corrected chi connectivity index (χ3v) is 3.74. The van der Waals surface area contributed by atoms with Crippen LogP contribution in [-0.2, 0) is 19.6 Å². The summed E-state index contributed by atoms with van der Waals surface area (Å²) in [5.74, 6) is -1.15. The van der Waals surface area contributed by atoms with Crippen molar-refractivity contribution in [3.05, 3.63) is 60.2 Å². The Morgan fingerprint density at radius 1 is 1.00 bits per heavy atom. The Balaban J connectivity index is 1.89. The molecule has 0 spiro atoms. The molecule has 0 radical (unpaired) electrons. The molecule has 0 bridgehead atoms. The number of sulfonamides is 1. The van der Waals surface area contributed by atoms with Gasteiger partial charge in [0.05, 0.1) is 10.5 Å². The highest BCUT2D eigenvalue weighted by molar-refractivity contribution is 7.89. The molecule has 0 atom stereocenters. The number of benzene rings is 2. The van der Waals surface area contributed by atoms with E-state index in [4.69, 9.17) is 9.88 Å². The Hall–Kier alpha value is -2.71.